The van der Waals surface area contributed by atoms with Crippen LogP contribution in [-0.4, -0.2) is 95.0 Å². The molecule has 270 valence electrons. The first-order chi connectivity index (χ1) is 22.2. The maximum absolute atomic E-state index is 14.3. The van der Waals surface area contributed by atoms with Crippen molar-refractivity contribution in [2.24, 2.45) is 22.7 Å². The van der Waals surface area contributed by atoms with Gasteiger partial charge in [0.05, 0.1) is 12.1 Å². The number of unbranched alkanes of at least 4 members (excludes halogenated alkanes) is 1. The summed E-state index contributed by atoms with van der Waals surface area (Å²) in [6.07, 6.45) is 3.72. The van der Waals surface area contributed by atoms with E-state index in [0.29, 0.717) is 12.8 Å². The van der Waals surface area contributed by atoms with Crippen molar-refractivity contribution >= 4 is 41.4 Å². The summed E-state index contributed by atoms with van der Waals surface area (Å²) in [5.74, 6) is -2.98. The maximum atomic E-state index is 14.3. The van der Waals surface area contributed by atoms with Crippen molar-refractivity contribution in [1.82, 2.24) is 31.1 Å². The summed E-state index contributed by atoms with van der Waals surface area (Å²) in [6, 6.07) is -4.25. The van der Waals surface area contributed by atoms with Crippen LogP contribution in [0.25, 0.3) is 0 Å². The highest BCUT2D eigenvalue weighted by Gasteiger charge is 2.46. The van der Waals surface area contributed by atoms with Crippen molar-refractivity contribution in [3.8, 4) is 0 Å². The Morgan fingerprint density at radius 2 is 1.54 bits per heavy atom. The molecule has 2 saturated heterocycles. The molecule has 2 rings (SSSR count). The molecule has 2 aliphatic heterocycles. The van der Waals surface area contributed by atoms with E-state index in [9.17, 15) is 33.6 Å². The molecular formula is C35H58N6O7. The first-order valence-corrected chi connectivity index (χ1v) is 17.2. The van der Waals surface area contributed by atoms with Crippen LogP contribution in [0.5, 0.6) is 0 Å². The molecule has 13 nitrogen and oxygen atoms in total. The van der Waals surface area contributed by atoms with E-state index in [1.54, 1.807) is 0 Å². The summed E-state index contributed by atoms with van der Waals surface area (Å²) in [6.45, 7) is 21.0. The largest absolute Gasteiger partial charge is 0.346 e. The van der Waals surface area contributed by atoms with E-state index in [4.69, 9.17) is 0 Å². The monoisotopic (exact) mass is 674 g/mol. The van der Waals surface area contributed by atoms with Crippen molar-refractivity contribution in [3.05, 3.63) is 12.7 Å². The Hall–Kier alpha value is -3.77. The maximum Gasteiger partial charge on any atom is 0.315 e. The van der Waals surface area contributed by atoms with E-state index < -0.39 is 64.5 Å². The highest BCUT2D eigenvalue weighted by molar-refractivity contribution is 6.38. The van der Waals surface area contributed by atoms with E-state index in [1.165, 1.54) is 15.9 Å². The van der Waals surface area contributed by atoms with Crippen molar-refractivity contribution in [2.45, 2.75) is 125 Å². The Balaban J connectivity index is 2.32. The molecule has 4 N–H and O–H groups in total. The third kappa shape index (κ3) is 10.9. The van der Waals surface area contributed by atoms with E-state index in [2.05, 4.69) is 27.8 Å². The normalized spacial score (nSPS) is 20.3. The van der Waals surface area contributed by atoms with Crippen molar-refractivity contribution in [1.29, 1.82) is 0 Å². The van der Waals surface area contributed by atoms with Crippen LogP contribution < -0.4 is 21.3 Å². The molecule has 48 heavy (non-hydrogen) atoms. The van der Waals surface area contributed by atoms with Gasteiger partial charge in [-0.15, -0.1) is 6.58 Å². The summed E-state index contributed by atoms with van der Waals surface area (Å²) in [5, 5.41) is 11.0. The summed E-state index contributed by atoms with van der Waals surface area (Å²) in [7, 11) is 0. The zero-order chi connectivity index (χ0) is 36.6. The van der Waals surface area contributed by atoms with Gasteiger partial charge in [-0.3, -0.25) is 33.7 Å². The molecule has 0 aromatic carbocycles. The van der Waals surface area contributed by atoms with Crippen LogP contribution >= 0.6 is 0 Å². The molecule has 0 aliphatic carbocycles. The third-order valence-corrected chi connectivity index (χ3v) is 9.23. The Labute approximate surface area is 285 Å². The number of likely N-dealkylation sites (tertiary alicyclic amines) is 2. The molecule has 7 amide bonds. The number of hydrogen-bond donors (Lipinski definition) is 4. The number of urea groups is 1. The number of nitrogens with one attached hydrogen (secondary N) is 4. The van der Waals surface area contributed by atoms with Crippen molar-refractivity contribution in [3.63, 3.8) is 0 Å². The molecule has 0 bridgehead atoms. The number of Topliss-reactive ketones (excluding diaryl/α,β-unsaturated/α-hetero) is 1. The van der Waals surface area contributed by atoms with Gasteiger partial charge in [-0.05, 0) is 35.5 Å². The van der Waals surface area contributed by atoms with Gasteiger partial charge in [0, 0.05) is 32.5 Å². The van der Waals surface area contributed by atoms with E-state index in [-0.39, 0.29) is 62.5 Å². The zero-order valence-electron chi connectivity index (χ0n) is 30.4. The van der Waals surface area contributed by atoms with Gasteiger partial charge in [-0.2, -0.15) is 0 Å². The SMILES string of the molecule is C=CCNC(=O)C(=O)C(CCCC)NC(=O)[C@@H]1C[C@@H](C(C)C)CN1C(=O)[C@@H](NC(=O)N[C@H](CN1C(=O)CCC1=O)C(C)(C)C)C(C)(C)C. The summed E-state index contributed by atoms with van der Waals surface area (Å²) in [4.78, 5) is 94.5. The standard InChI is InChI=1S/C35H58N6O7/c1-11-13-14-23(28(44)31(46)36-17-12-2)37-30(45)24-18-22(21(3)4)19-40(24)32(47)29(35(8,9)10)39-33(48)38-25(34(5,6)7)20-41-26(42)15-16-27(41)43/h12,21-25,29H,2,11,13-20H2,1,3-10H3,(H,36,46)(H,37,45)(H2,38,39,48)/t22-,23?,24+,25-,29-/m1/s1. The third-order valence-electron chi connectivity index (χ3n) is 9.23. The van der Waals surface area contributed by atoms with Crippen molar-refractivity contribution in [2.75, 3.05) is 19.6 Å². The molecule has 2 aliphatic rings. The Bertz CT molecular complexity index is 1220. The molecule has 0 saturated carbocycles. The topological polar surface area (TPSA) is 174 Å². The van der Waals surface area contributed by atoms with Gasteiger partial charge in [0.1, 0.15) is 12.1 Å². The van der Waals surface area contributed by atoms with E-state index >= 15 is 0 Å². The predicted molar refractivity (Wildman–Crippen MR) is 182 cm³/mol. The van der Waals surface area contributed by atoms with Crippen molar-refractivity contribution < 1.29 is 33.6 Å². The lowest BCUT2D eigenvalue weighted by molar-refractivity contribution is -0.143. The number of imide groups is 1. The van der Waals surface area contributed by atoms with Gasteiger partial charge in [0.25, 0.3) is 5.91 Å². The minimum atomic E-state index is -1.05. The fourth-order valence-electron chi connectivity index (χ4n) is 5.89. The molecule has 5 atom stereocenters. The second kappa shape index (κ2) is 17.1. The molecule has 2 fully saturated rings. The Morgan fingerprint density at radius 1 is 0.938 bits per heavy atom. The molecule has 1 unspecified atom stereocenters. The molecule has 2 heterocycles. The number of rotatable bonds is 15. The number of nitrogens with zero attached hydrogens (tertiary/aromatic N) is 2. The second-order valence-corrected chi connectivity index (χ2v) is 15.5. The van der Waals surface area contributed by atoms with Gasteiger partial charge in [-0.25, -0.2) is 4.79 Å². The van der Waals surface area contributed by atoms with Crippen LogP contribution in [-0.2, 0) is 28.8 Å². The molecule has 0 spiro atoms. The number of hydrogen-bond acceptors (Lipinski definition) is 7. The Kier molecular flexibility index (Phi) is 14.4. The molecular weight excluding hydrogens is 616 g/mol. The van der Waals surface area contributed by atoms with Crippen LogP contribution in [0.4, 0.5) is 4.79 Å². The first kappa shape index (κ1) is 40.4. The highest BCUT2D eigenvalue weighted by atomic mass is 16.2. The highest BCUT2D eigenvalue weighted by Crippen LogP contribution is 2.32. The number of amides is 7. The average Bonchev–Trinajstić information content (AvgIpc) is 3.58. The zero-order valence-corrected chi connectivity index (χ0v) is 30.4. The van der Waals surface area contributed by atoms with Crippen LogP contribution in [0, 0.1) is 22.7 Å². The lowest BCUT2D eigenvalue weighted by atomic mass is 9.85. The molecule has 13 heteroatoms. The van der Waals surface area contributed by atoms with Gasteiger partial charge in [-0.1, -0.05) is 81.2 Å². The molecule has 0 aromatic heterocycles. The predicted octanol–water partition coefficient (Wildman–Crippen LogP) is 2.68. The van der Waals surface area contributed by atoms with Gasteiger partial charge in [0.15, 0.2) is 0 Å². The summed E-state index contributed by atoms with van der Waals surface area (Å²) in [5.41, 5.74) is -1.30. The van der Waals surface area contributed by atoms with E-state index in [1.807, 2.05) is 62.3 Å². The summed E-state index contributed by atoms with van der Waals surface area (Å²) >= 11 is 0. The summed E-state index contributed by atoms with van der Waals surface area (Å²) < 4.78 is 0. The van der Waals surface area contributed by atoms with Gasteiger partial charge in [0.2, 0.25) is 29.4 Å². The second-order valence-electron chi connectivity index (χ2n) is 15.5. The van der Waals surface area contributed by atoms with Gasteiger partial charge >= 0.3 is 6.03 Å². The fraction of sp³-hybridized carbons (Fsp3) is 0.743. The Morgan fingerprint density at radius 3 is 2.04 bits per heavy atom. The van der Waals surface area contributed by atoms with Crippen LogP contribution in [0.2, 0.25) is 0 Å². The molecule has 0 aromatic rings. The minimum absolute atomic E-state index is 0.0106. The van der Waals surface area contributed by atoms with Crippen LogP contribution in [0.15, 0.2) is 12.7 Å². The minimum Gasteiger partial charge on any atom is -0.346 e. The van der Waals surface area contributed by atoms with Crippen LogP contribution in [0.1, 0.15) is 101 Å². The quantitative estimate of drug-likeness (QED) is 0.117. The number of ketones is 1. The van der Waals surface area contributed by atoms with Crippen LogP contribution in [0.3, 0.4) is 0 Å². The fourth-order valence-corrected chi connectivity index (χ4v) is 5.89. The number of carbonyl (C=O) groups excluding carboxylic acids is 7. The van der Waals surface area contributed by atoms with E-state index in [0.717, 1.165) is 6.42 Å². The smallest absolute Gasteiger partial charge is 0.315 e. The molecule has 0 radical (unpaired) electrons. The average molecular weight is 675 g/mol. The lowest BCUT2D eigenvalue weighted by Crippen LogP contribution is -2.62. The lowest BCUT2D eigenvalue weighted by Gasteiger charge is -2.37. The van der Waals surface area contributed by atoms with Gasteiger partial charge < -0.3 is 26.2 Å². The first-order valence-electron chi connectivity index (χ1n) is 17.2. The number of carbonyl (C=O) groups is 7.